The third-order valence-electron chi connectivity index (χ3n) is 6.79. The minimum Gasteiger partial charge on any atom is -0.507 e. The molecule has 188 valence electrons. The molecule has 1 fully saturated rings. The minimum atomic E-state index is -0.838. The molecule has 3 aromatic carbocycles. The van der Waals surface area contributed by atoms with Crippen LogP contribution < -0.4 is 9.64 Å². The average molecular weight is 515 g/mol. The summed E-state index contributed by atoms with van der Waals surface area (Å²) in [7, 11) is 0. The van der Waals surface area contributed by atoms with Gasteiger partial charge in [-0.3, -0.25) is 14.5 Å². The van der Waals surface area contributed by atoms with E-state index in [1.165, 1.54) is 4.90 Å². The molecule has 1 aromatic heterocycles. The number of halogens is 1. The highest BCUT2D eigenvalue weighted by atomic mass is 35.5. The molecule has 1 unspecified atom stereocenters. The van der Waals surface area contributed by atoms with Crippen LogP contribution in [0.15, 0.2) is 72.3 Å². The molecule has 2 N–H and O–H groups in total. The van der Waals surface area contributed by atoms with Crippen LogP contribution in [-0.2, 0) is 16.0 Å². The monoisotopic (exact) mass is 514 g/mol. The molecular formula is C30H27ClN2O4. The van der Waals surface area contributed by atoms with Gasteiger partial charge in [-0.05, 0) is 62.2 Å². The molecule has 0 radical (unpaired) electrons. The Morgan fingerprint density at radius 2 is 1.78 bits per heavy atom. The first-order valence-electron chi connectivity index (χ1n) is 12.3. The molecule has 1 aliphatic rings. The lowest BCUT2D eigenvalue weighted by Crippen LogP contribution is -2.29. The number of Topliss-reactive ketones (excluding diaryl/α,β-unsaturated/α-hetero) is 1. The van der Waals surface area contributed by atoms with Crippen molar-refractivity contribution in [2.24, 2.45) is 0 Å². The first-order valence-corrected chi connectivity index (χ1v) is 12.6. The second-order valence-corrected chi connectivity index (χ2v) is 9.38. The van der Waals surface area contributed by atoms with Crippen molar-refractivity contribution < 1.29 is 19.4 Å². The van der Waals surface area contributed by atoms with Gasteiger partial charge < -0.3 is 14.8 Å². The van der Waals surface area contributed by atoms with Gasteiger partial charge in [0.15, 0.2) is 0 Å². The van der Waals surface area contributed by atoms with Crippen molar-refractivity contribution in [3.05, 3.63) is 99.7 Å². The molecule has 1 amide bonds. The summed E-state index contributed by atoms with van der Waals surface area (Å²) in [6, 6.07) is 19.3. The van der Waals surface area contributed by atoms with Crippen LogP contribution in [-0.4, -0.2) is 28.4 Å². The molecule has 37 heavy (non-hydrogen) atoms. The number of ketones is 1. The van der Waals surface area contributed by atoms with E-state index in [1.54, 1.807) is 18.2 Å². The normalized spacial score (nSPS) is 17.1. The maximum absolute atomic E-state index is 13.6. The molecule has 0 spiro atoms. The summed E-state index contributed by atoms with van der Waals surface area (Å²) in [5, 5.41) is 12.8. The maximum atomic E-state index is 13.6. The average Bonchev–Trinajstić information content (AvgIpc) is 3.37. The van der Waals surface area contributed by atoms with Crippen LogP contribution in [0.3, 0.4) is 0 Å². The van der Waals surface area contributed by atoms with E-state index in [9.17, 15) is 14.7 Å². The number of hydrogen-bond acceptors (Lipinski definition) is 4. The third kappa shape index (κ3) is 4.17. The molecule has 1 atom stereocenters. The molecule has 6 nitrogen and oxygen atoms in total. The van der Waals surface area contributed by atoms with Gasteiger partial charge >= 0.3 is 0 Å². The fourth-order valence-electron chi connectivity index (χ4n) is 4.99. The number of rotatable bonds is 6. The summed E-state index contributed by atoms with van der Waals surface area (Å²) in [4.78, 5) is 32.0. The highest BCUT2D eigenvalue weighted by molar-refractivity contribution is 6.52. The Kier molecular flexibility index (Phi) is 6.52. The highest BCUT2D eigenvalue weighted by Gasteiger charge is 2.48. The number of carbonyl (C=O) groups is 2. The second kappa shape index (κ2) is 9.79. The zero-order chi connectivity index (χ0) is 26.3. The maximum Gasteiger partial charge on any atom is 0.300 e. The Balaban J connectivity index is 1.77. The number of nitrogens with one attached hydrogen (secondary N) is 1. The van der Waals surface area contributed by atoms with Gasteiger partial charge in [0, 0.05) is 33.4 Å². The Hall–Kier alpha value is -4.03. The van der Waals surface area contributed by atoms with Crippen molar-refractivity contribution in [1.82, 2.24) is 4.98 Å². The highest BCUT2D eigenvalue weighted by Crippen LogP contribution is 2.46. The number of nitrogens with zero attached hydrogens (tertiary/aromatic N) is 1. The van der Waals surface area contributed by atoms with Crippen LogP contribution in [0.1, 0.15) is 42.3 Å². The Morgan fingerprint density at radius 3 is 2.49 bits per heavy atom. The number of benzene rings is 3. The quantitative estimate of drug-likeness (QED) is 0.170. The van der Waals surface area contributed by atoms with E-state index in [0.717, 1.165) is 34.1 Å². The number of aryl methyl sites for hydroxylation is 2. The topological polar surface area (TPSA) is 82.6 Å². The number of aromatic amines is 1. The first kappa shape index (κ1) is 24.7. The van der Waals surface area contributed by atoms with E-state index in [4.69, 9.17) is 16.3 Å². The molecule has 0 saturated carbocycles. The number of amides is 1. The van der Waals surface area contributed by atoms with Crippen LogP contribution in [0.2, 0.25) is 5.02 Å². The van der Waals surface area contributed by atoms with Gasteiger partial charge in [-0.1, -0.05) is 48.9 Å². The van der Waals surface area contributed by atoms with Gasteiger partial charge in [-0.2, -0.15) is 0 Å². The molecule has 1 saturated heterocycles. The lowest BCUT2D eigenvalue weighted by molar-refractivity contribution is -0.132. The van der Waals surface area contributed by atoms with Gasteiger partial charge in [0.1, 0.15) is 11.5 Å². The number of fused-ring (bicyclic) bond motifs is 1. The number of hydrogen-bond donors (Lipinski definition) is 2. The molecular weight excluding hydrogens is 488 g/mol. The van der Waals surface area contributed by atoms with Crippen LogP contribution in [0, 0.1) is 6.92 Å². The number of carbonyl (C=O) groups excluding carboxylic acids is 2. The molecule has 2 heterocycles. The Morgan fingerprint density at radius 1 is 1.05 bits per heavy atom. The van der Waals surface area contributed by atoms with E-state index >= 15 is 0 Å². The molecule has 4 aromatic rings. The first-order chi connectivity index (χ1) is 17.8. The zero-order valence-electron chi connectivity index (χ0n) is 20.8. The van der Waals surface area contributed by atoms with Crippen molar-refractivity contribution in [1.29, 1.82) is 0 Å². The van der Waals surface area contributed by atoms with Crippen LogP contribution in [0.4, 0.5) is 5.69 Å². The summed E-state index contributed by atoms with van der Waals surface area (Å²) in [6.07, 6.45) is 0.850. The number of aliphatic hydroxyl groups is 1. The van der Waals surface area contributed by atoms with E-state index in [0.29, 0.717) is 28.6 Å². The van der Waals surface area contributed by atoms with E-state index < -0.39 is 17.7 Å². The molecule has 0 aliphatic carbocycles. The number of ether oxygens (including phenoxy) is 1. The number of anilines is 1. The second-order valence-electron chi connectivity index (χ2n) is 8.98. The van der Waals surface area contributed by atoms with E-state index in [1.807, 2.05) is 62.4 Å². The number of aliphatic hydroxyl groups excluding tert-OH is 1. The number of H-pyrrole nitrogens is 1. The SMILES string of the molecule is CCOc1cc(/C(O)=C2\C(=O)C(=O)N(c3ccc(CC)cc3)C2c2c(C)[nH]c3ccccc23)ccc1Cl. The minimum absolute atomic E-state index is 0.0159. The standard InChI is InChI=1S/C30H27ClN2O4/c1-4-18-10-13-20(14-11-18)33-27(25-17(3)32-23-9-7-6-8-21(23)25)26(29(35)30(33)36)28(34)19-12-15-22(31)24(16-19)37-5-2/h6-16,27,32,34H,4-5H2,1-3H3/b28-26+. The van der Waals surface area contributed by atoms with Gasteiger partial charge in [0.25, 0.3) is 11.7 Å². The van der Waals surface area contributed by atoms with E-state index in [2.05, 4.69) is 11.9 Å². The summed E-state index contributed by atoms with van der Waals surface area (Å²) < 4.78 is 5.59. The molecule has 5 rings (SSSR count). The summed E-state index contributed by atoms with van der Waals surface area (Å²) in [6.45, 7) is 6.18. The molecule has 0 bridgehead atoms. The smallest absolute Gasteiger partial charge is 0.300 e. The van der Waals surface area contributed by atoms with Crippen LogP contribution in [0.25, 0.3) is 16.7 Å². The third-order valence-corrected chi connectivity index (χ3v) is 7.10. The van der Waals surface area contributed by atoms with Crippen molar-refractivity contribution in [2.45, 2.75) is 33.2 Å². The summed E-state index contributed by atoms with van der Waals surface area (Å²) in [5.74, 6) is -1.34. The van der Waals surface area contributed by atoms with Crippen molar-refractivity contribution in [2.75, 3.05) is 11.5 Å². The van der Waals surface area contributed by atoms with Gasteiger partial charge in [0.05, 0.1) is 23.2 Å². The van der Waals surface area contributed by atoms with Crippen molar-refractivity contribution in [3.8, 4) is 5.75 Å². The Bertz CT molecular complexity index is 1550. The van der Waals surface area contributed by atoms with Crippen molar-refractivity contribution >= 4 is 45.6 Å². The lowest BCUT2D eigenvalue weighted by Gasteiger charge is -2.26. The predicted octanol–water partition coefficient (Wildman–Crippen LogP) is 6.72. The van der Waals surface area contributed by atoms with Crippen LogP contribution in [0.5, 0.6) is 5.75 Å². The lowest BCUT2D eigenvalue weighted by atomic mass is 9.93. The van der Waals surface area contributed by atoms with Gasteiger partial charge in [-0.25, -0.2) is 0 Å². The predicted molar refractivity (Wildman–Crippen MR) is 146 cm³/mol. The van der Waals surface area contributed by atoms with E-state index in [-0.39, 0.29) is 11.3 Å². The fourth-order valence-corrected chi connectivity index (χ4v) is 5.16. The fraction of sp³-hybridized carbons (Fsp3) is 0.200. The largest absolute Gasteiger partial charge is 0.507 e. The number of para-hydroxylation sites is 1. The summed E-state index contributed by atoms with van der Waals surface area (Å²) >= 11 is 6.26. The number of aromatic nitrogens is 1. The van der Waals surface area contributed by atoms with Gasteiger partial charge in [0.2, 0.25) is 0 Å². The summed E-state index contributed by atoms with van der Waals surface area (Å²) in [5.41, 5.74) is 4.50. The molecule has 1 aliphatic heterocycles. The molecule has 7 heteroatoms. The van der Waals surface area contributed by atoms with Crippen molar-refractivity contribution in [3.63, 3.8) is 0 Å². The van der Waals surface area contributed by atoms with Gasteiger partial charge in [-0.15, -0.1) is 0 Å². The van der Waals surface area contributed by atoms with Crippen LogP contribution >= 0.6 is 11.6 Å². The zero-order valence-corrected chi connectivity index (χ0v) is 21.6. The Labute approximate surface area is 220 Å².